The van der Waals surface area contributed by atoms with Crippen LogP contribution < -0.4 is 15.8 Å². The summed E-state index contributed by atoms with van der Waals surface area (Å²) in [6.45, 7) is 1.83. The van der Waals surface area contributed by atoms with E-state index in [9.17, 15) is 4.79 Å². The van der Waals surface area contributed by atoms with Crippen molar-refractivity contribution in [2.45, 2.75) is 19.5 Å². The smallest absolute Gasteiger partial charge is 0.257 e. The van der Waals surface area contributed by atoms with Crippen molar-refractivity contribution in [3.05, 3.63) is 48.5 Å². The SMILES string of the molecule is NCc1ccccc1OCC(=O)NCCCn1ccnc1. The van der Waals surface area contributed by atoms with Gasteiger partial charge in [0.05, 0.1) is 6.33 Å². The molecule has 6 nitrogen and oxygen atoms in total. The number of imidazole rings is 1. The van der Waals surface area contributed by atoms with Crippen molar-refractivity contribution in [1.29, 1.82) is 0 Å². The molecule has 0 radical (unpaired) electrons. The van der Waals surface area contributed by atoms with Crippen molar-refractivity contribution in [1.82, 2.24) is 14.9 Å². The first-order chi connectivity index (χ1) is 10.3. The van der Waals surface area contributed by atoms with Crippen molar-refractivity contribution in [2.75, 3.05) is 13.2 Å². The topological polar surface area (TPSA) is 82.2 Å². The molecule has 0 aliphatic carbocycles. The van der Waals surface area contributed by atoms with Crippen LogP contribution in [0.5, 0.6) is 5.75 Å². The normalized spacial score (nSPS) is 10.3. The van der Waals surface area contributed by atoms with Gasteiger partial charge in [-0.1, -0.05) is 18.2 Å². The minimum absolute atomic E-state index is 0.00207. The fourth-order valence-electron chi connectivity index (χ4n) is 1.92. The Labute approximate surface area is 123 Å². The molecule has 0 saturated carbocycles. The summed E-state index contributed by atoms with van der Waals surface area (Å²) in [5, 5.41) is 2.82. The van der Waals surface area contributed by atoms with E-state index in [4.69, 9.17) is 10.5 Å². The van der Waals surface area contributed by atoms with E-state index in [1.165, 1.54) is 0 Å². The van der Waals surface area contributed by atoms with Crippen molar-refractivity contribution < 1.29 is 9.53 Å². The average molecular weight is 288 g/mol. The number of amides is 1. The van der Waals surface area contributed by atoms with Crippen LogP contribution in [0.25, 0.3) is 0 Å². The molecule has 1 aromatic carbocycles. The third-order valence-electron chi connectivity index (χ3n) is 3.03. The molecule has 0 aliphatic heterocycles. The van der Waals surface area contributed by atoms with Crippen LogP contribution in [0.3, 0.4) is 0 Å². The Morgan fingerprint density at radius 2 is 2.24 bits per heavy atom. The third kappa shape index (κ3) is 4.92. The summed E-state index contributed by atoms with van der Waals surface area (Å²) in [5.74, 6) is 0.529. The minimum Gasteiger partial charge on any atom is -0.483 e. The van der Waals surface area contributed by atoms with Gasteiger partial charge in [0, 0.05) is 37.6 Å². The Morgan fingerprint density at radius 1 is 1.38 bits per heavy atom. The first-order valence-corrected chi connectivity index (χ1v) is 6.93. The van der Waals surface area contributed by atoms with Gasteiger partial charge >= 0.3 is 0 Å². The molecule has 6 heteroatoms. The zero-order valence-electron chi connectivity index (χ0n) is 11.9. The molecule has 0 atom stereocenters. The van der Waals surface area contributed by atoms with Crippen LogP contribution in [-0.2, 0) is 17.9 Å². The fourth-order valence-corrected chi connectivity index (χ4v) is 1.92. The van der Waals surface area contributed by atoms with Crippen molar-refractivity contribution in [3.63, 3.8) is 0 Å². The van der Waals surface area contributed by atoms with Gasteiger partial charge in [-0.15, -0.1) is 0 Å². The summed E-state index contributed by atoms with van der Waals surface area (Å²) in [7, 11) is 0. The van der Waals surface area contributed by atoms with E-state index in [-0.39, 0.29) is 12.5 Å². The lowest BCUT2D eigenvalue weighted by Gasteiger charge is -2.10. The maximum absolute atomic E-state index is 11.7. The average Bonchev–Trinajstić information content (AvgIpc) is 3.03. The van der Waals surface area contributed by atoms with E-state index in [2.05, 4.69) is 10.3 Å². The lowest BCUT2D eigenvalue weighted by atomic mass is 10.2. The standard InChI is InChI=1S/C15H20N4O2/c16-10-13-4-1-2-5-14(13)21-11-15(20)18-6-3-8-19-9-7-17-12-19/h1-2,4-5,7,9,12H,3,6,8,10-11,16H2,(H,18,20). The number of ether oxygens (including phenoxy) is 1. The molecule has 0 spiro atoms. The Morgan fingerprint density at radius 3 is 3.00 bits per heavy atom. The number of nitrogens with one attached hydrogen (secondary N) is 1. The molecule has 0 bridgehead atoms. The number of hydrogen-bond donors (Lipinski definition) is 2. The van der Waals surface area contributed by atoms with Crippen molar-refractivity contribution in [3.8, 4) is 5.75 Å². The lowest BCUT2D eigenvalue weighted by molar-refractivity contribution is -0.123. The van der Waals surface area contributed by atoms with Crippen LogP contribution in [0.4, 0.5) is 0 Å². The van der Waals surface area contributed by atoms with Crippen LogP contribution in [0.15, 0.2) is 43.0 Å². The third-order valence-corrected chi connectivity index (χ3v) is 3.03. The van der Waals surface area contributed by atoms with E-state index >= 15 is 0 Å². The van der Waals surface area contributed by atoms with Gasteiger partial charge in [0.2, 0.25) is 0 Å². The number of benzene rings is 1. The molecule has 0 fully saturated rings. The maximum atomic E-state index is 11.7. The molecule has 1 amide bonds. The van der Waals surface area contributed by atoms with E-state index in [0.717, 1.165) is 18.5 Å². The Kier molecular flexibility index (Phi) is 5.78. The number of para-hydroxylation sites is 1. The maximum Gasteiger partial charge on any atom is 0.257 e. The van der Waals surface area contributed by atoms with Crippen LogP contribution in [-0.4, -0.2) is 28.6 Å². The summed E-state index contributed by atoms with van der Waals surface area (Å²) in [4.78, 5) is 15.7. The van der Waals surface area contributed by atoms with Gasteiger partial charge in [0.25, 0.3) is 5.91 Å². The highest BCUT2D eigenvalue weighted by Crippen LogP contribution is 2.16. The second kappa shape index (κ2) is 8.06. The number of carbonyl (C=O) groups is 1. The minimum atomic E-state index is -0.132. The Balaban J connectivity index is 1.65. The molecular weight excluding hydrogens is 268 g/mol. The van der Waals surface area contributed by atoms with Gasteiger partial charge in [0.1, 0.15) is 5.75 Å². The molecule has 2 aromatic rings. The van der Waals surface area contributed by atoms with Gasteiger partial charge in [0.15, 0.2) is 6.61 Å². The molecule has 0 aliphatic rings. The summed E-state index contributed by atoms with van der Waals surface area (Å²) in [6, 6.07) is 7.45. The molecule has 0 saturated heterocycles. The number of carbonyl (C=O) groups excluding carboxylic acids is 1. The van der Waals surface area contributed by atoms with Crippen LogP contribution in [0, 0.1) is 0 Å². The van der Waals surface area contributed by atoms with E-state index in [0.29, 0.717) is 18.8 Å². The van der Waals surface area contributed by atoms with E-state index in [1.54, 1.807) is 12.5 Å². The second-order valence-corrected chi connectivity index (χ2v) is 4.60. The molecule has 1 aromatic heterocycles. The highest BCUT2D eigenvalue weighted by molar-refractivity contribution is 5.77. The zero-order chi connectivity index (χ0) is 14.9. The van der Waals surface area contributed by atoms with Gasteiger partial charge in [-0.05, 0) is 12.5 Å². The van der Waals surface area contributed by atoms with Crippen molar-refractivity contribution in [2.24, 2.45) is 5.73 Å². The number of rotatable bonds is 8. The predicted molar refractivity (Wildman–Crippen MR) is 79.7 cm³/mol. The highest BCUT2D eigenvalue weighted by Gasteiger charge is 2.05. The molecule has 2 rings (SSSR count). The molecule has 112 valence electrons. The number of hydrogen-bond acceptors (Lipinski definition) is 4. The van der Waals surface area contributed by atoms with Crippen LogP contribution in [0.2, 0.25) is 0 Å². The first-order valence-electron chi connectivity index (χ1n) is 6.93. The number of aryl methyl sites for hydroxylation is 1. The summed E-state index contributed by atoms with van der Waals surface area (Å²) in [6.07, 6.45) is 6.24. The Hall–Kier alpha value is -2.34. The van der Waals surface area contributed by atoms with Gasteiger partial charge in [-0.25, -0.2) is 4.98 Å². The molecule has 0 unspecified atom stereocenters. The zero-order valence-corrected chi connectivity index (χ0v) is 11.9. The van der Waals surface area contributed by atoms with E-state index < -0.39 is 0 Å². The largest absolute Gasteiger partial charge is 0.483 e. The predicted octanol–water partition coefficient (Wildman–Crippen LogP) is 0.927. The first kappa shape index (κ1) is 15.1. The van der Waals surface area contributed by atoms with Crippen LogP contribution >= 0.6 is 0 Å². The van der Waals surface area contributed by atoms with Crippen molar-refractivity contribution >= 4 is 5.91 Å². The quantitative estimate of drug-likeness (QED) is 0.708. The number of nitrogens with two attached hydrogens (primary N) is 1. The second-order valence-electron chi connectivity index (χ2n) is 4.60. The highest BCUT2D eigenvalue weighted by atomic mass is 16.5. The summed E-state index contributed by atoms with van der Waals surface area (Å²) >= 11 is 0. The van der Waals surface area contributed by atoms with Gasteiger partial charge < -0.3 is 20.4 Å². The van der Waals surface area contributed by atoms with Gasteiger partial charge in [-0.2, -0.15) is 0 Å². The number of nitrogens with zero attached hydrogens (tertiary/aromatic N) is 2. The van der Waals surface area contributed by atoms with Crippen LogP contribution in [0.1, 0.15) is 12.0 Å². The van der Waals surface area contributed by atoms with Gasteiger partial charge in [-0.3, -0.25) is 4.79 Å². The lowest BCUT2D eigenvalue weighted by Crippen LogP contribution is -2.30. The molecule has 1 heterocycles. The summed E-state index contributed by atoms with van der Waals surface area (Å²) in [5.41, 5.74) is 6.51. The molecule has 3 N–H and O–H groups in total. The molecular formula is C15H20N4O2. The Bertz CT molecular complexity index is 555. The summed E-state index contributed by atoms with van der Waals surface area (Å²) < 4.78 is 7.46. The monoisotopic (exact) mass is 288 g/mol. The fraction of sp³-hybridized carbons (Fsp3) is 0.333. The molecule has 21 heavy (non-hydrogen) atoms. The number of aromatic nitrogens is 2. The van der Waals surface area contributed by atoms with E-state index in [1.807, 2.05) is 35.0 Å².